The van der Waals surface area contributed by atoms with Gasteiger partial charge in [-0.15, -0.1) is 0 Å². The van der Waals surface area contributed by atoms with Gasteiger partial charge in [-0.1, -0.05) is 30.3 Å². The van der Waals surface area contributed by atoms with Crippen molar-refractivity contribution in [2.24, 2.45) is 5.10 Å². The number of piperidine rings is 2. The molecule has 8 nitrogen and oxygen atoms in total. The van der Waals surface area contributed by atoms with Crippen LogP contribution in [-0.4, -0.2) is 47.3 Å². The molecule has 0 saturated carbocycles. The lowest BCUT2D eigenvalue weighted by Gasteiger charge is -2.30. The van der Waals surface area contributed by atoms with E-state index < -0.39 is 0 Å². The fourth-order valence-corrected chi connectivity index (χ4v) is 4.32. The van der Waals surface area contributed by atoms with E-state index in [1.54, 1.807) is 6.21 Å². The molecule has 1 aromatic heterocycles. The molecule has 2 aliphatic rings. The van der Waals surface area contributed by atoms with Gasteiger partial charge in [-0.05, 0) is 68.4 Å². The lowest BCUT2D eigenvalue weighted by molar-refractivity contribution is 0.482. The van der Waals surface area contributed by atoms with Crippen LogP contribution in [0.15, 0.2) is 59.7 Å². The van der Waals surface area contributed by atoms with Crippen LogP contribution in [0.5, 0.6) is 11.5 Å². The largest absolute Gasteiger partial charge is 0.457 e. The smallest absolute Gasteiger partial charge is 0.250 e. The minimum absolute atomic E-state index is 0.476. The molecule has 0 aliphatic carbocycles. The van der Waals surface area contributed by atoms with Crippen molar-refractivity contribution in [1.29, 1.82) is 0 Å². The van der Waals surface area contributed by atoms with Gasteiger partial charge < -0.3 is 14.5 Å². The van der Waals surface area contributed by atoms with Crippen molar-refractivity contribution in [1.82, 2.24) is 15.0 Å². The number of rotatable bonds is 7. The highest BCUT2D eigenvalue weighted by atomic mass is 16.5. The Labute approximate surface area is 200 Å². The van der Waals surface area contributed by atoms with Crippen molar-refractivity contribution in [3.05, 3.63) is 60.2 Å². The number of benzene rings is 2. The molecule has 0 amide bonds. The van der Waals surface area contributed by atoms with Gasteiger partial charge in [0, 0.05) is 26.2 Å². The minimum atomic E-state index is 0.476. The van der Waals surface area contributed by atoms with Gasteiger partial charge in [0.15, 0.2) is 0 Å². The van der Waals surface area contributed by atoms with Crippen LogP contribution in [-0.2, 0) is 0 Å². The van der Waals surface area contributed by atoms with Crippen molar-refractivity contribution in [2.75, 3.05) is 41.4 Å². The number of hydrazone groups is 1. The fraction of sp³-hybridized carbons (Fsp3) is 0.385. The predicted octanol–water partition coefficient (Wildman–Crippen LogP) is 5.09. The normalized spacial score (nSPS) is 16.6. The lowest BCUT2D eigenvalue weighted by Crippen LogP contribution is -2.34. The molecule has 2 fully saturated rings. The van der Waals surface area contributed by atoms with E-state index in [9.17, 15) is 0 Å². The Morgan fingerprint density at radius 3 is 1.97 bits per heavy atom. The standard InChI is InChI=1S/C26H31N7O/c1-4-12-22(13-5-1)34-23-14-10-11-21(19-23)20-27-31-24-28-25(32-15-6-2-7-16-32)30-26(29-24)33-17-8-3-9-18-33/h1,4-5,10-14,19-20H,2-3,6-9,15-18H2,(H,28,29,30,31)/b27-20+. The summed E-state index contributed by atoms with van der Waals surface area (Å²) in [6.45, 7) is 3.95. The Hall–Kier alpha value is -3.68. The van der Waals surface area contributed by atoms with Crippen LogP contribution in [0.2, 0.25) is 0 Å². The van der Waals surface area contributed by atoms with Gasteiger partial charge in [-0.2, -0.15) is 20.1 Å². The molecule has 0 bridgehead atoms. The zero-order valence-electron chi connectivity index (χ0n) is 19.4. The molecule has 8 heteroatoms. The number of aromatic nitrogens is 3. The summed E-state index contributed by atoms with van der Waals surface area (Å²) in [6.07, 6.45) is 8.98. The van der Waals surface area contributed by atoms with Crippen LogP contribution in [0.1, 0.15) is 44.1 Å². The molecule has 2 aliphatic heterocycles. The van der Waals surface area contributed by atoms with Crippen molar-refractivity contribution < 1.29 is 4.74 Å². The molecule has 2 aromatic carbocycles. The number of nitrogens with one attached hydrogen (secondary N) is 1. The molecular weight excluding hydrogens is 426 g/mol. The summed E-state index contributed by atoms with van der Waals surface area (Å²) < 4.78 is 5.92. The summed E-state index contributed by atoms with van der Waals surface area (Å²) in [4.78, 5) is 18.7. The first-order chi connectivity index (χ1) is 16.8. The second kappa shape index (κ2) is 11.0. The monoisotopic (exact) mass is 457 g/mol. The van der Waals surface area contributed by atoms with Crippen LogP contribution in [0.4, 0.5) is 17.8 Å². The Bertz CT molecular complexity index is 1060. The Morgan fingerprint density at radius 1 is 0.706 bits per heavy atom. The van der Waals surface area contributed by atoms with E-state index in [4.69, 9.17) is 9.72 Å². The summed E-state index contributed by atoms with van der Waals surface area (Å²) in [5.74, 6) is 3.52. The number of hydrogen-bond donors (Lipinski definition) is 1. The third-order valence-corrected chi connectivity index (χ3v) is 6.10. The Balaban J connectivity index is 1.31. The van der Waals surface area contributed by atoms with Gasteiger partial charge in [0.25, 0.3) is 0 Å². The zero-order chi connectivity index (χ0) is 23.0. The van der Waals surface area contributed by atoms with Crippen molar-refractivity contribution in [2.45, 2.75) is 38.5 Å². The van der Waals surface area contributed by atoms with E-state index in [1.165, 1.54) is 38.5 Å². The predicted molar refractivity (Wildman–Crippen MR) is 136 cm³/mol. The molecule has 0 radical (unpaired) electrons. The van der Waals surface area contributed by atoms with E-state index in [2.05, 4.69) is 30.3 Å². The van der Waals surface area contributed by atoms with Crippen LogP contribution >= 0.6 is 0 Å². The SMILES string of the molecule is C(=N\Nc1nc(N2CCCCC2)nc(N2CCCCC2)n1)/c1cccc(Oc2ccccc2)c1. The van der Waals surface area contributed by atoms with Gasteiger partial charge in [-0.3, -0.25) is 0 Å². The van der Waals surface area contributed by atoms with Crippen LogP contribution in [0.25, 0.3) is 0 Å². The van der Waals surface area contributed by atoms with Crippen molar-refractivity contribution in [3.63, 3.8) is 0 Å². The average molecular weight is 458 g/mol. The van der Waals surface area contributed by atoms with Gasteiger partial charge in [-0.25, -0.2) is 5.43 Å². The highest BCUT2D eigenvalue weighted by Gasteiger charge is 2.20. The fourth-order valence-electron chi connectivity index (χ4n) is 4.32. The van der Waals surface area contributed by atoms with Crippen LogP contribution in [0.3, 0.4) is 0 Å². The topological polar surface area (TPSA) is 78.8 Å². The van der Waals surface area contributed by atoms with E-state index in [0.29, 0.717) is 5.95 Å². The second-order valence-corrected chi connectivity index (χ2v) is 8.71. The van der Waals surface area contributed by atoms with E-state index in [0.717, 1.165) is 55.1 Å². The molecule has 0 atom stereocenters. The summed E-state index contributed by atoms with van der Waals surface area (Å²) in [5, 5.41) is 4.41. The summed E-state index contributed by atoms with van der Waals surface area (Å²) in [5.41, 5.74) is 3.95. The number of para-hydroxylation sites is 1. The first-order valence-electron chi connectivity index (χ1n) is 12.2. The maximum atomic E-state index is 5.92. The Kier molecular flexibility index (Phi) is 7.13. The van der Waals surface area contributed by atoms with Gasteiger partial charge >= 0.3 is 0 Å². The molecule has 0 spiro atoms. The maximum Gasteiger partial charge on any atom is 0.250 e. The van der Waals surface area contributed by atoms with Crippen LogP contribution in [0, 0.1) is 0 Å². The van der Waals surface area contributed by atoms with Crippen molar-refractivity contribution in [3.8, 4) is 11.5 Å². The molecule has 176 valence electrons. The van der Waals surface area contributed by atoms with E-state index in [1.807, 2.05) is 54.6 Å². The summed E-state index contributed by atoms with van der Waals surface area (Å²) in [6, 6.07) is 17.6. The van der Waals surface area contributed by atoms with Gasteiger partial charge in [0.2, 0.25) is 17.8 Å². The number of anilines is 3. The molecular formula is C26H31N7O. The van der Waals surface area contributed by atoms with E-state index >= 15 is 0 Å². The quantitative estimate of drug-likeness (QED) is 0.391. The third kappa shape index (κ3) is 5.81. The number of hydrogen-bond acceptors (Lipinski definition) is 8. The van der Waals surface area contributed by atoms with Crippen LogP contribution < -0.4 is 20.0 Å². The first-order valence-corrected chi connectivity index (χ1v) is 12.2. The molecule has 3 heterocycles. The number of ether oxygens (including phenoxy) is 1. The Morgan fingerprint density at radius 2 is 1.32 bits per heavy atom. The highest BCUT2D eigenvalue weighted by Crippen LogP contribution is 2.23. The lowest BCUT2D eigenvalue weighted by atomic mass is 10.1. The number of nitrogens with zero attached hydrogens (tertiary/aromatic N) is 6. The maximum absolute atomic E-state index is 5.92. The van der Waals surface area contributed by atoms with E-state index in [-0.39, 0.29) is 0 Å². The summed E-state index contributed by atoms with van der Waals surface area (Å²) >= 11 is 0. The first kappa shape index (κ1) is 22.1. The molecule has 1 N–H and O–H groups in total. The molecule has 3 aromatic rings. The molecule has 34 heavy (non-hydrogen) atoms. The molecule has 2 saturated heterocycles. The molecule has 5 rings (SSSR count). The molecule has 0 unspecified atom stereocenters. The van der Waals surface area contributed by atoms with Gasteiger partial charge in [0.05, 0.1) is 6.21 Å². The van der Waals surface area contributed by atoms with Crippen molar-refractivity contribution >= 4 is 24.1 Å². The third-order valence-electron chi connectivity index (χ3n) is 6.10. The second-order valence-electron chi connectivity index (χ2n) is 8.71. The average Bonchev–Trinajstić information content (AvgIpc) is 2.90. The van der Waals surface area contributed by atoms with Gasteiger partial charge in [0.1, 0.15) is 11.5 Å². The summed E-state index contributed by atoms with van der Waals surface area (Å²) in [7, 11) is 0. The zero-order valence-corrected chi connectivity index (χ0v) is 19.4. The minimum Gasteiger partial charge on any atom is -0.457 e. The highest BCUT2D eigenvalue weighted by molar-refractivity contribution is 5.80.